The molecule has 1 atom stereocenters. The maximum Gasteiger partial charge on any atom is 0.329 e. The Labute approximate surface area is 121 Å². The monoisotopic (exact) mass is 295 g/mol. The Morgan fingerprint density at radius 1 is 1.24 bits per heavy atom. The van der Waals surface area contributed by atoms with Gasteiger partial charge in [-0.2, -0.15) is 0 Å². The molecule has 7 nitrogen and oxygen atoms in total. The number of carboxylic acid groups (broad SMARTS) is 1. The van der Waals surface area contributed by atoms with Gasteiger partial charge in [-0.25, -0.2) is 4.79 Å². The number of amides is 1. The highest BCUT2D eigenvalue weighted by Crippen LogP contribution is 2.28. The maximum atomic E-state index is 11.3. The van der Waals surface area contributed by atoms with Crippen molar-refractivity contribution in [3.8, 4) is 11.5 Å². The second kappa shape index (κ2) is 7.28. The molecule has 0 saturated carbocycles. The van der Waals surface area contributed by atoms with Crippen LogP contribution in [-0.4, -0.2) is 42.5 Å². The van der Waals surface area contributed by atoms with E-state index in [9.17, 15) is 14.4 Å². The molecule has 0 radical (unpaired) electrons. The molecule has 0 heterocycles. The molecule has 1 unspecified atom stereocenters. The summed E-state index contributed by atoms with van der Waals surface area (Å²) in [4.78, 5) is 33.2. The minimum Gasteiger partial charge on any atom is -0.493 e. The molecule has 21 heavy (non-hydrogen) atoms. The van der Waals surface area contributed by atoms with Crippen molar-refractivity contribution in [1.29, 1.82) is 0 Å². The van der Waals surface area contributed by atoms with Crippen molar-refractivity contribution in [2.45, 2.75) is 19.9 Å². The average Bonchev–Trinajstić information content (AvgIpc) is 2.42. The summed E-state index contributed by atoms with van der Waals surface area (Å²) in [6.45, 7) is 2.38. The maximum absolute atomic E-state index is 11.3. The van der Waals surface area contributed by atoms with Gasteiger partial charge in [0.1, 0.15) is 6.61 Å². The SMILES string of the molecule is COc1cc(C(C)=O)ccc1OCC(NC(C)=O)C(=O)O. The van der Waals surface area contributed by atoms with E-state index in [-0.39, 0.29) is 12.4 Å². The van der Waals surface area contributed by atoms with Gasteiger partial charge in [0.2, 0.25) is 5.91 Å². The zero-order chi connectivity index (χ0) is 16.0. The van der Waals surface area contributed by atoms with Gasteiger partial charge in [0.05, 0.1) is 7.11 Å². The van der Waals surface area contributed by atoms with Gasteiger partial charge in [-0.1, -0.05) is 0 Å². The van der Waals surface area contributed by atoms with E-state index >= 15 is 0 Å². The Morgan fingerprint density at radius 2 is 1.90 bits per heavy atom. The first-order chi connectivity index (χ1) is 9.85. The Balaban J connectivity index is 2.84. The predicted molar refractivity (Wildman–Crippen MR) is 73.7 cm³/mol. The van der Waals surface area contributed by atoms with E-state index < -0.39 is 17.9 Å². The number of methoxy groups -OCH3 is 1. The fraction of sp³-hybridized carbons (Fsp3) is 0.357. The van der Waals surface area contributed by atoms with E-state index in [0.29, 0.717) is 17.1 Å². The number of carbonyl (C=O) groups is 3. The van der Waals surface area contributed by atoms with Crippen LogP contribution in [0.1, 0.15) is 24.2 Å². The number of rotatable bonds is 7. The molecule has 0 spiro atoms. The Morgan fingerprint density at radius 3 is 2.38 bits per heavy atom. The largest absolute Gasteiger partial charge is 0.493 e. The lowest BCUT2D eigenvalue weighted by Crippen LogP contribution is -2.43. The third kappa shape index (κ3) is 4.79. The molecule has 2 N–H and O–H groups in total. The number of benzene rings is 1. The first-order valence-electron chi connectivity index (χ1n) is 6.16. The lowest BCUT2D eigenvalue weighted by atomic mass is 10.1. The summed E-state index contributed by atoms with van der Waals surface area (Å²) in [6, 6.07) is 3.40. The molecule has 0 fully saturated rings. The summed E-state index contributed by atoms with van der Waals surface area (Å²) >= 11 is 0. The predicted octanol–water partition coefficient (Wildman–Crippen LogP) is 0.866. The lowest BCUT2D eigenvalue weighted by Gasteiger charge is -2.16. The van der Waals surface area contributed by atoms with Gasteiger partial charge in [-0.05, 0) is 25.1 Å². The lowest BCUT2D eigenvalue weighted by molar-refractivity contribution is -0.142. The molecule has 1 rings (SSSR count). The standard InChI is InChI=1S/C14H17NO6/c1-8(16)10-4-5-12(13(6-10)20-3)21-7-11(14(18)19)15-9(2)17/h4-6,11H,7H2,1-3H3,(H,15,17)(H,18,19). The van der Waals surface area contributed by atoms with Crippen molar-refractivity contribution in [2.75, 3.05) is 13.7 Å². The quantitative estimate of drug-likeness (QED) is 0.724. The third-order valence-corrected chi connectivity index (χ3v) is 2.65. The normalized spacial score (nSPS) is 11.4. The summed E-state index contributed by atoms with van der Waals surface area (Å²) in [6.07, 6.45) is 0. The number of nitrogens with one attached hydrogen (secondary N) is 1. The van der Waals surface area contributed by atoms with Crippen molar-refractivity contribution in [2.24, 2.45) is 0 Å². The summed E-state index contributed by atoms with van der Waals surface area (Å²) in [7, 11) is 1.41. The van der Waals surface area contributed by atoms with Crippen LogP contribution in [0.4, 0.5) is 0 Å². The molecule has 1 aromatic rings. The number of Topliss-reactive ketones (excluding diaryl/α,β-unsaturated/α-hetero) is 1. The number of carboxylic acids is 1. The molecule has 1 aromatic carbocycles. The molecular weight excluding hydrogens is 278 g/mol. The average molecular weight is 295 g/mol. The number of hydrogen-bond acceptors (Lipinski definition) is 5. The van der Waals surface area contributed by atoms with Crippen LogP contribution in [0.5, 0.6) is 11.5 Å². The van der Waals surface area contributed by atoms with E-state index in [2.05, 4.69) is 5.32 Å². The van der Waals surface area contributed by atoms with E-state index in [0.717, 1.165) is 0 Å². The molecule has 0 saturated heterocycles. The van der Waals surface area contributed by atoms with Crippen LogP contribution in [0.3, 0.4) is 0 Å². The summed E-state index contributed by atoms with van der Waals surface area (Å²) < 4.78 is 10.5. The molecule has 0 aliphatic heterocycles. The molecule has 0 aromatic heterocycles. The second-order valence-corrected chi connectivity index (χ2v) is 4.32. The molecule has 0 bridgehead atoms. The fourth-order valence-corrected chi connectivity index (χ4v) is 1.60. The molecule has 7 heteroatoms. The zero-order valence-corrected chi connectivity index (χ0v) is 12.0. The van der Waals surface area contributed by atoms with E-state index in [1.54, 1.807) is 6.07 Å². The van der Waals surface area contributed by atoms with Crippen molar-refractivity contribution in [1.82, 2.24) is 5.32 Å². The second-order valence-electron chi connectivity index (χ2n) is 4.32. The zero-order valence-electron chi connectivity index (χ0n) is 12.0. The van der Waals surface area contributed by atoms with Gasteiger partial charge < -0.3 is 19.9 Å². The number of carbonyl (C=O) groups excluding carboxylic acids is 2. The van der Waals surface area contributed by atoms with E-state index in [1.165, 1.54) is 33.1 Å². The van der Waals surface area contributed by atoms with Crippen LogP contribution in [0.25, 0.3) is 0 Å². The Kier molecular flexibility index (Phi) is 5.71. The highest BCUT2D eigenvalue weighted by atomic mass is 16.5. The molecular formula is C14H17NO6. The first kappa shape index (κ1) is 16.5. The van der Waals surface area contributed by atoms with Gasteiger partial charge in [0, 0.05) is 12.5 Å². The molecule has 0 aliphatic carbocycles. The van der Waals surface area contributed by atoms with Crippen molar-refractivity contribution in [3.05, 3.63) is 23.8 Å². The van der Waals surface area contributed by atoms with Crippen LogP contribution in [0.15, 0.2) is 18.2 Å². The van der Waals surface area contributed by atoms with Gasteiger partial charge in [-0.3, -0.25) is 9.59 Å². The number of aliphatic carboxylic acids is 1. The minimum atomic E-state index is -1.20. The van der Waals surface area contributed by atoms with Crippen LogP contribution < -0.4 is 14.8 Å². The fourth-order valence-electron chi connectivity index (χ4n) is 1.60. The topological polar surface area (TPSA) is 102 Å². The summed E-state index contributed by atoms with van der Waals surface area (Å²) in [5.74, 6) is -1.19. The van der Waals surface area contributed by atoms with Gasteiger partial charge in [0.25, 0.3) is 0 Å². The third-order valence-electron chi connectivity index (χ3n) is 2.65. The van der Waals surface area contributed by atoms with Crippen LogP contribution in [0.2, 0.25) is 0 Å². The molecule has 0 aliphatic rings. The Hall–Kier alpha value is -2.57. The Bertz CT molecular complexity index is 554. The van der Waals surface area contributed by atoms with Crippen molar-refractivity contribution < 1.29 is 29.0 Å². The molecule has 114 valence electrons. The highest BCUT2D eigenvalue weighted by molar-refractivity contribution is 5.94. The molecule has 1 amide bonds. The summed E-state index contributed by atoms with van der Waals surface area (Å²) in [5, 5.41) is 11.2. The highest BCUT2D eigenvalue weighted by Gasteiger charge is 2.20. The van der Waals surface area contributed by atoms with Gasteiger partial charge >= 0.3 is 5.97 Å². The van der Waals surface area contributed by atoms with E-state index in [1.807, 2.05) is 0 Å². The minimum absolute atomic E-state index is 0.124. The first-order valence-corrected chi connectivity index (χ1v) is 6.16. The van der Waals surface area contributed by atoms with Gasteiger partial charge in [0.15, 0.2) is 23.3 Å². The van der Waals surface area contributed by atoms with Crippen LogP contribution in [-0.2, 0) is 9.59 Å². The summed E-state index contributed by atoms with van der Waals surface area (Å²) in [5.41, 5.74) is 0.454. The van der Waals surface area contributed by atoms with Crippen molar-refractivity contribution >= 4 is 17.7 Å². The van der Waals surface area contributed by atoms with Crippen molar-refractivity contribution in [3.63, 3.8) is 0 Å². The van der Waals surface area contributed by atoms with Crippen LogP contribution in [0, 0.1) is 0 Å². The van der Waals surface area contributed by atoms with Crippen LogP contribution >= 0.6 is 0 Å². The number of ketones is 1. The smallest absolute Gasteiger partial charge is 0.329 e. The number of hydrogen-bond donors (Lipinski definition) is 2. The van der Waals surface area contributed by atoms with E-state index in [4.69, 9.17) is 14.6 Å². The number of ether oxygens (including phenoxy) is 2. The van der Waals surface area contributed by atoms with Gasteiger partial charge in [-0.15, -0.1) is 0 Å².